The SMILES string of the molecule is Cc1ccc(S(=O)(=O)N[C@H](c2ccccc2)[Si](C)(C)c2ccccc2)cc1. The van der Waals surface area contributed by atoms with Crippen molar-refractivity contribution in [3.63, 3.8) is 0 Å². The fourth-order valence-electron chi connectivity index (χ4n) is 3.25. The lowest BCUT2D eigenvalue weighted by molar-refractivity contribution is 0.577. The summed E-state index contributed by atoms with van der Waals surface area (Å²) in [5.41, 5.74) is 1.76. The maximum absolute atomic E-state index is 13.1. The van der Waals surface area contributed by atoms with Crippen LogP contribution in [0.4, 0.5) is 0 Å². The Kier molecular flexibility index (Phi) is 5.65. The molecular formula is C22H25NO2SSi. The third kappa shape index (κ3) is 4.38. The molecule has 0 aliphatic heterocycles. The molecule has 3 nitrogen and oxygen atoms in total. The zero-order valence-electron chi connectivity index (χ0n) is 15.9. The molecule has 0 fully saturated rings. The number of nitrogens with one attached hydrogen (secondary N) is 1. The van der Waals surface area contributed by atoms with Gasteiger partial charge in [0.05, 0.1) is 4.90 Å². The Balaban J connectivity index is 2.05. The van der Waals surface area contributed by atoms with Crippen molar-refractivity contribution in [2.45, 2.75) is 30.6 Å². The van der Waals surface area contributed by atoms with Crippen molar-refractivity contribution in [1.29, 1.82) is 0 Å². The van der Waals surface area contributed by atoms with Gasteiger partial charge in [-0.25, -0.2) is 13.1 Å². The minimum Gasteiger partial charge on any atom is -0.207 e. The summed E-state index contributed by atoms with van der Waals surface area (Å²) in [5, 5.41) is 1.21. The van der Waals surface area contributed by atoms with E-state index in [1.54, 1.807) is 12.1 Å². The van der Waals surface area contributed by atoms with Gasteiger partial charge in [-0.3, -0.25) is 0 Å². The van der Waals surface area contributed by atoms with Crippen molar-refractivity contribution in [2.75, 3.05) is 0 Å². The van der Waals surface area contributed by atoms with E-state index in [2.05, 4.69) is 29.9 Å². The van der Waals surface area contributed by atoms with Crippen LogP contribution in [-0.4, -0.2) is 16.5 Å². The second-order valence-electron chi connectivity index (χ2n) is 7.37. The molecule has 0 saturated heterocycles. The maximum atomic E-state index is 13.1. The van der Waals surface area contributed by atoms with Gasteiger partial charge in [0.15, 0.2) is 0 Å². The largest absolute Gasteiger partial charge is 0.240 e. The molecule has 0 amide bonds. The summed E-state index contributed by atoms with van der Waals surface area (Å²) in [6.45, 7) is 6.36. The maximum Gasteiger partial charge on any atom is 0.240 e. The third-order valence-electron chi connectivity index (χ3n) is 4.98. The van der Waals surface area contributed by atoms with Crippen LogP contribution in [0, 0.1) is 6.92 Å². The second kappa shape index (κ2) is 7.80. The topological polar surface area (TPSA) is 46.2 Å². The number of hydrogen-bond acceptors (Lipinski definition) is 2. The monoisotopic (exact) mass is 395 g/mol. The van der Waals surface area contributed by atoms with E-state index < -0.39 is 18.1 Å². The molecule has 5 heteroatoms. The van der Waals surface area contributed by atoms with Crippen LogP contribution in [0.2, 0.25) is 13.1 Å². The van der Waals surface area contributed by atoms with E-state index >= 15 is 0 Å². The Morgan fingerprint density at radius 2 is 1.30 bits per heavy atom. The van der Waals surface area contributed by atoms with Gasteiger partial charge in [0.2, 0.25) is 10.0 Å². The second-order valence-corrected chi connectivity index (χ2v) is 13.7. The molecule has 1 atom stereocenters. The van der Waals surface area contributed by atoms with Crippen molar-refractivity contribution in [3.8, 4) is 0 Å². The van der Waals surface area contributed by atoms with Crippen LogP contribution < -0.4 is 9.91 Å². The Morgan fingerprint density at radius 1 is 0.778 bits per heavy atom. The van der Waals surface area contributed by atoms with Crippen molar-refractivity contribution >= 4 is 23.3 Å². The highest BCUT2D eigenvalue weighted by molar-refractivity contribution is 7.89. The molecule has 140 valence electrons. The molecule has 0 aromatic heterocycles. The number of rotatable bonds is 6. The first-order valence-electron chi connectivity index (χ1n) is 9.00. The van der Waals surface area contributed by atoms with Gasteiger partial charge in [-0.15, -0.1) is 0 Å². The fourth-order valence-corrected chi connectivity index (χ4v) is 8.38. The van der Waals surface area contributed by atoms with Gasteiger partial charge in [-0.1, -0.05) is 96.6 Å². The zero-order valence-corrected chi connectivity index (χ0v) is 17.7. The predicted octanol–water partition coefficient (Wildman–Crippen LogP) is 4.17. The summed E-state index contributed by atoms with van der Waals surface area (Å²) in [4.78, 5) is 0.298. The Labute approximate surface area is 163 Å². The van der Waals surface area contributed by atoms with Gasteiger partial charge >= 0.3 is 0 Å². The van der Waals surface area contributed by atoms with Gasteiger partial charge in [0, 0.05) is 5.67 Å². The smallest absolute Gasteiger partial charge is 0.207 e. The van der Waals surface area contributed by atoms with Gasteiger partial charge in [0.25, 0.3) is 0 Å². The van der Waals surface area contributed by atoms with Crippen molar-refractivity contribution in [2.24, 2.45) is 0 Å². The van der Waals surface area contributed by atoms with E-state index in [0.29, 0.717) is 4.90 Å². The molecule has 0 aliphatic rings. The molecule has 0 spiro atoms. The van der Waals surface area contributed by atoms with Gasteiger partial charge in [-0.05, 0) is 24.6 Å². The molecular weight excluding hydrogens is 370 g/mol. The average molecular weight is 396 g/mol. The van der Waals surface area contributed by atoms with Crippen LogP contribution in [0.25, 0.3) is 0 Å². The molecule has 0 bridgehead atoms. The molecule has 0 saturated carbocycles. The van der Waals surface area contributed by atoms with Crippen LogP contribution in [0.15, 0.2) is 89.8 Å². The first-order valence-corrected chi connectivity index (χ1v) is 13.6. The average Bonchev–Trinajstić information content (AvgIpc) is 2.68. The molecule has 27 heavy (non-hydrogen) atoms. The van der Waals surface area contributed by atoms with Crippen molar-refractivity contribution in [3.05, 3.63) is 96.1 Å². The first-order chi connectivity index (χ1) is 12.8. The molecule has 0 heterocycles. The van der Waals surface area contributed by atoms with E-state index in [1.165, 1.54) is 5.19 Å². The fraction of sp³-hybridized carbons (Fsp3) is 0.182. The Morgan fingerprint density at radius 3 is 1.85 bits per heavy atom. The van der Waals surface area contributed by atoms with Gasteiger partial charge < -0.3 is 0 Å². The summed E-state index contributed by atoms with van der Waals surface area (Å²) in [5.74, 6) is 0. The van der Waals surface area contributed by atoms with Gasteiger partial charge in [0.1, 0.15) is 8.07 Å². The van der Waals surface area contributed by atoms with Crippen LogP contribution >= 0.6 is 0 Å². The van der Waals surface area contributed by atoms with Crippen molar-refractivity contribution < 1.29 is 8.42 Å². The summed E-state index contributed by atoms with van der Waals surface area (Å²) >= 11 is 0. The van der Waals surface area contributed by atoms with E-state index in [4.69, 9.17) is 0 Å². The third-order valence-corrected chi connectivity index (χ3v) is 10.4. The standard InChI is InChI=1S/C22H25NO2SSi/c1-18-14-16-20(17-15-18)26(24,25)23-22(19-10-6-4-7-11-19)27(2,3)21-12-8-5-9-13-21/h4-17,22-23H,1-3H3/t22-/m0/s1. The minimum absolute atomic E-state index is 0.271. The molecule has 1 N–H and O–H groups in total. The Hall–Kier alpha value is -2.21. The first kappa shape index (κ1) is 19.5. The number of benzene rings is 3. The van der Waals surface area contributed by atoms with Crippen LogP contribution in [0.1, 0.15) is 16.8 Å². The summed E-state index contributed by atoms with van der Waals surface area (Å²) < 4.78 is 29.3. The highest BCUT2D eigenvalue weighted by Crippen LogP contribution is 2.27. The number of hydrogen-bond donors (Lipinski definition) is 1. The summed E-state index contributed by atoms with van der Waals surface area (Å²) in [7, 11) is -5.82. The van der Waals surface area contributed by atoms with E-state index in [1.807, 2.05) is 67.6 Å². The zero-order chi connectivity index (χ0) is 19.5. The molecule has 3 aromatic rings. The highest BCUT2D eigenvalue weighted by atomic mass is 32.2. The normalized spacial score (nSPS) is 13.3. The van der Waals surface area contributed by atoms with Crippen LogP contribution in [-0.2, 0) is 10.0 Å². The highest BCUT2D eigenvalue weighted by Gasteiger charge is 2.37. The molecule has 3 rings (SSSR count). The molecule has 0 unspecified atom stereocenters. The minimum atomic E-state index is -3.63. The van der Waals surface area contributed by atoms with Gasteiger partial charge in [-0.2, -0.15) is 0 Å². The van der Waals surface area contributed by atoms with E-state index in [0.717, 1.165) is 11.1 Å². The summed E-state index contributed by atoms with van der Waals surface area (Å²) in [6, 6.07) is 27.1. The van der Waals surface area contributed by atoms with E-state index in [9.17, 15) is 8.42 Å². The molecule has 0 aliphatic carbocycles. The van der Waals surface area contributed by atoms with Crippen molar-refractivity contribution in [1.82, 2.24) is 4.72 Å². The number of aryl methyl sites for hydroxylation is 1. The number of sulfonamides is 1. The lowest BCUT2D eigenvalue weighted by atomic mass is 10.2. The Bertz CT molecular complexity index is 986. The quantitative estimate of drug-likeness (QED) is 0.637. The lowest BCUT2D eigenvalue weighted by Gasteiger charge is -2.34. The molecule has 0 radical (unpaired) electrons. The predicted molar refractivity (Wildman–Crippen MR) is 114 cm³/mol. The summed E-state index contributed by atoms with van der Waals surface area (Å²) in [6.07, 6.45) is 0. The van der Waals surface area contributed by atoms with E-state index in [-0.39, 0.29) is 5.67 Å². The molecule has 3 aromatic carbocycles. The van der Waals surface area contributed by atoms with Crippen LogP contribution in [0.5, 0.6) is 0 Å². The van der Waals surface area contributed by atoms with Crippen LogP contribution in [0.3, 0.4) is 0 Å². The lowest BCUT2D eigenvalue weighted by Crippen LogP contribution is -2.54.